The van der Waals surface area contributed by atoms with Gasteiger partial charge < -0.3 is 68.1 Å². The topological polar surface area (TPSA) is 326 Å². The molecule has 0 spiro atoms. The minimum atomic E-state index is -5.50. The fourth-order valence-electron chi connectivity index (χ4n) is 5.18. The van der Waals surface area contributed by atoms with Crippen molar-refractivity contribution in [3.05, 3.63) is 12.1 Å². The molecule has 20 nitrogen and oxygen atoms in total. The Balaban J connectivity index is 3.54. The van der Waals surface area contributed by atoms with Crippen LogP contribution in [0, 0.1) is 0 Å². The molecule has 53 heavy (non-hydrogen) atoms. The molecule has 0 saturated heterocycles. The summed E-state index contributed by atoms with van der Waals surface area (Å²) in [6.07, 6.45) is 7.20. The van der Waals surface area contributed by atoms with Crippen molar-refractivity contribution in [2.75, 3.05) is 65.6 Å². The van der Waals surface area contributed by atoms with Crippen molar-refractivity contribution in [1.29, 1.82) is 0 Å². The number of hydrogen-bond acceptors (Lipinski definition) is 20. The first-order chi connectivity index (χ1) is 24.8. The number of ether oxygens (including phenoxy) is 2. The summed E-state index contributed by atoms with van der Waals surface area (Å²) in [6.45, 7) is -5.51. The monoisotopic (exact) mass is 792 g/mol. The molecule has 22 heteroatoms. The maximum Gasteiger partial charge on any atom is 0.178 e. The largest absolute Gasteiger partial charge is 0.768 e. The third kappa shape index (κ3) is 20.2. The van der Waals surface area contributed by atoms with Gasteiger partial charge in [0, 0.05) is 57.3 Å². The molecule has 0 amide bonds. The molecule has 2 atom stereocenters. The number of unbranched alkanes of at least 4 members (excludes halogenated alkanes) is 7. The minimum absolute atomic E-state index is 0.0862. The zero-order chi connectivity index (χ0) is 40.1. The third-order valence-electron chi connectivity index (χ3n) is 7.57. The number of carboxylic acid groups (broad SMARTS) is 5. The average molecular weight is 793 g/mol. The molecule has 1 aromatic carbocycles. The summed E-state index contributed by atoms with van der Waals surface area (Å²) in [5.41, 5.74) is 0. The van der Waals surface area contributed by atoms with Crippen molar-refractivity contribution >= 4 is 51.0 Å². The summed E-state index contributed by atoms with van der Waals surface area (Å²) in [5, 5.41) is 57.0. The van der Waals surface area contributed by atoms with Gasteiger partial charge in [-0.1, -0.05) is 51.9 Å². The van der Waals surface area contributed by atoms with Crippen molar-refractivity contribution in [3.63, 3.8) is 0 Å². The Hall–Kier alpha value is -3.93. The van der Waals surface area contributed by atoms with Crippen LogP contribution in [0.15, 0.2) is 21.9 Å². The van der Waals surface area contributed by atoms with Crippen molar-refractivity contribution in [2.24, 2.45) is 0 Å². The van der Waals surface area contributed by atoms with E-state index in [9.17, 15) is 71.2 Å². The Morgan fingerprint density at radius 1 is 0.717 bits per heavy atom. The van der Waals surface area contributed by atoms with Crippen LogP contribution in [0.1, 0.15) is 58.3 Å². The number of nitrogens with zero attached hydrogens (tertiary/aromatic N) is 3. The van der Waals surface area contributed by atoms with E-state index in [2.05, 4.69) is 6.92 Å². The van der Waals surface area contributed by atoms with Crippen LogP contribution in [0.2, 0.25) is 0 Å². The lowest BCUT2D eigenvalue weighted by atomic mass is 10.1. The molecule has 0 fully saturated rings. The standard InChI is InChI=1S/C31H49N3O17S2/c1-2-3-4-5-6-7-8-9-12-50-24-13-23(52(45)46)14-25(53(47,48)49)31(24)51-21-22(34(19-29(41)42)20-30(43)44)15-32(16-26(35)36)10-11-33(17-27(37)38)18-28(39)40/h13-14,22H,2-12,15-21H2,1H3,(H,35,36)(H,37,38)(H,39,40)(H,41,42)(H,43,44)(H,45,46)(H,47,48,49)/p-7. The summed E-state index contributed by atoms with van der Waals surface area (Å²) >= 11 is -3.06. The van der Waals surface area contributed by atoms with Crippen molar-refractivity contribution in [3.8, 4) is 11.5 Å². The molecule has 0 heterocycles. The van der Waals surface area contributed by atoms with Gasteiger partial charge in [-0.25, -0.2) is 8.42 Å². The highest BCUT2D eigenvalue weighted by Crippen LogP contribution is 2.37. The first kappa shape index (κ1) is 47.1. The lowest BCUT2D eigenvalue weighted by Crippen LogP contribution is -2.56. The van der Waals surface area contributed by atoms with Crippen molar-refractivity contribution in [2.45, 2.75) is 74.1 Å². The van der Waals surface area contributed by atoms with Crippen LogP contribution in [0.4, 0.5) is 0 Å². The molecule has 302 valence electrons. The second-order valence-electron chi connectivity index (χ2n) is 11.9. The molecule has 1 aromatic rings. The number of rotatable bonds is 31. The van der Waals surface area contributed by atoms with E-state index in [0.717, 1.165) is 54.4 Å². The van der Waals surface area contributed by atoms with E-state index in [-0.39, 0.29) is 6.61 Å². The molecule has 0 bridgehead atoms. The predicted molar refractivity (Wildman–Crippen MR) is 168 cm³/mol. The predicted octanol–water partition coefficient (Wildman–Crippen LogP) is -6.25. The second-order valence-corrected chi connectivity index (χ2v) is 14.2. The molecule has 0 aliphatic carbocycles. The maximum absolute atomic E-state index is 12.3. The van der Waals surface area contributed by atoms with E-state index in [1.54, 1.807) is 0 Å². The van der Waals surface area contributed by atoms with Gasteiger partial charge in [0.05, 0.1) is 42.5 Å². The molecular formula is C31H42N3O17S2-7. The lowest BCUT2D eigenvalue weighted by molar-refractivity contribution is -0.313. The highest BCUT2D eigenvalue weighted by atomic mass is 32.2. The smallest absolute Gasteiger partial charge is 0.178 e. The summed E-state index contributed by atoms with van der Waals surface area (Å²) < 4.78 is 71.9. The van der Waals surface area contributed by atoms with Gasteiger partial charge in [-0.2, -0.15) is 0 Å². The van der Waals surface area contributed by atoms with Gasteiger partial charge in [0.15, 0.2) is 11.5 Å². The molecule has 2 unspecified atom stereocenters. The normalized spacial score (nSPS) is 12.9. The molecule has 0 aliphatic rings. The fourth-order valence-corrected chi connectivity index (χ4v) is 6.33. The fraction of sp³-hybridized carbons (Fsp3) is 0.645. The third-order valence-corrected chi connectivity index (χ3v) is 9.03. The van der Waals surface area contributed by atoms with E-state index in [1.807, 2.05) is 0 Å². The van der Waals surface area contributed by atoms with Crippen LogP contribution < -0.4 is 35.0 Å². The summed E-state index contributed by atoms with van der Waals surface area (Å²) in [7, 11) is -5.50. The first-order valence-corrected chi connectivity index (χ1v) is 19.0. The van der Waals surface area contributed by atoms with Gasteiger partial charge in [0.25, 0.3) is 0 Å². The Bertz CT molecular complexity index is 1480. The molecule has 1 rings (SSSR count). The van der Waals surface area contributed by atoms with E-state index < -0.39 is 137 Å². The van der Waals surface area contributed by atoms with Crippen LogP contribution in [-0.4, -0.2) is 138 Å². The van der Waals surface area contributed by atoms with Gasteiger partial charge in [0.2, 0.25) is 0 Å². The zero-order valence-corrected chi connectivity index (χ0v) is 30.7. The van der Waals surface area contributed by atoms with Crippen LogP contribution in [0.5, 0.6) is 11.5 Å². The summed E-state index contributed by atoms with van der Waals surface area (Å²) in [6, 6.07) is -0.166. The SMILES string of the molecule is CCCCCCCCCCOc1cc(S(=O)[O-])cc(S(=O)(=O)[O-])c1OCC(CN(CCN(CC(=O)[O-])CC(=O)[O-])CC(=O)[O-])N(CC(=O)[O-])CC(=O)[O-]. The molecule has 0 saturated carbocycles. The van der Waals surface area contributed by atoms with Gasteiger partial charge in [-0.3, -0.25) is 18.9 Å². The number of hydrogen-bond donors (Lipinski definition) is 0. The second kappa shape index (κ2) is 24.4. The summed E-state index contributed by atoms with van der Waals surface area (Å²) in [5.74, 6) is -10.1. The number of benzene rings is 1. The number of aliphatic carboxylic acids is 5. The van der Waals surface area contributed by atoms with Gasteiger partial charge >= 0.3 is 0 Å². The van der Waals surface area contributed by atoms with Crippen molar-refractivity contribution < 1.29 is 80.7 Å². The van der Waals surface area contributed by atoms with Crippen LogP contribution >= 0.6 is 0 Å². The van der Waals surface area contributed by atoms with Gasteiger partial charge in [-0.05, 0) is 29.6 Å². The Morgan fingerprint density at radius 2 is 1.19 bits per heavy atom. The molecule has 0 aromatic heterocycles. The van der Waals surface area contributed by atoms with Gasteiger partial charge in [0.1, 0.15) is 21.6 Å². The van der Waals surface area contributed by atoms with E-state index in [1.165, 1.54) is 0 Å². The molecule has 0 radical (unpaired) electrons. The Morgan fingerprint density at radius 3 is 1.66 bits per heavy atom. The number of carboxylic acids is 5. The summed E-state index contributed by atoms with van der Waals surface area (Å²) in [4.78, 5) is 57.6. The average Bonchev–Trinajstić information content (AvgIpc) is 3.02. The van der Waals surface area contributed by atoms with Crippen molar-refractivity contribution in [1.82, 2.24) is 14.7 Å². The highest BCUT2D eigenvalue weighted by molar-refractivity contribution is 7.86. The highest BCUT2D eigenvalue weighted by Gasteiger charge is 2.26. The molecule has 0 aliphatic heterocycles. The molecule has 0 N–H and O–H groups in total. The van der Waals surface area contributed by atoms with E-state index in [4.69, 9.17) is 9.47 Å². The lowest BCUT2D eigenvalue weighted by Gasteiger charge is -2.37. The van der Waals surface area contributed by atoms with Crippen LogP contribution in [-0.2, 0) is 45.2 Å². The minimum Gasteiger partial charge on any atom is -0.768 e. The zero-order valence-electron chi connectivity index (χ0n) is 29.1. The number of carbonyl (C=O) groups excluding carboxylic acids is 5. The quantitative estimate of drug-likeness (QED) is 0.0383. The van der Waals surface area contributed by atoms with Gasteiger partial charge in [-0.15, -0.1) is 0 Å². The Labute approximate surface area is 309 Å². The molecular weight excluding hydrogens is 750 g/mol. The van der Waals surface area contributed by atoms with E-state index >= 15 is 0 Å². The van der Waals surface area contributed by atoms with E-state index in [0.29, 0.717) is 23.8 Å². The number of carbonyl (C=O) groups is 5. The Kier molecular flexibility index (Phi) is 21.7. The maximum atomic E-state index is 12.3. The van der Waals surface area contributed by atoms with Crippen LogP contribution in [0.25, 0.3) is 0 Å². The van der Waals surface area contributed by atoms with Crippen LogP contribution in [0.3, 0.4) is 0 Å². The first-order valence-electron chi connectivity index (χ1n) is 16.5.